The number of methoxy groups -OCH3 is 1. The number of nitrogens with zero attached hydrogens (tertiary/aromatic N) is 2. The molecule has 6 nitrogen and oxygen atoms in total. The molecule has 0 aliphatic carbocycles. The first kappa shape index (κ1) is 15.8. The zero-order chi connectivity index (χ0) is 16.1. The van der Waals surface area contributed by atoms with Crippen LogP contribution in [0.4, 0.5) is 0 Å². The molecule has 1 aromatic heterocycles. The Labute approximate surface area is 128 Å². The molecule has 0 aliphatic rings. The number of nitrogens with one attached hydrogen (secondary N) is 1. The molecule has 0 radical (unpaired) electrons. The van der Waals surface area contributed by atoms with E-state index < -0.39 is 0 Å². The van der Waals surface area contributed by atoms with E-state index in [9.17, 15) is 9.59 Å². The maximum Gasteiger partial charge on any atom is 0.267 e. The predicted octanol–water partition coefficient (Wildman–Crippen LogP) is 1.44. The smallest absolute Gasteiger partial charge is 0.267 e. The van der Waals surface area contributed by atoms with Gasteiger partial charge >= 0.3 is 0 Å². The van der Waals surface area contributed by atoms with E-state index in [0.29, 0.717) is 11.4 Å². The molecular weight excluding hydrogens is 282 g/mol. The summed E-state index contributed by atoms with van der Waals surface area (Å²) in [5.74, 6) is 0.460. The van der Waals surface area contributed by atoms with Gasteiger partial charge in [0.25, 0.3) is 5.56 Å². The van der Waals surface area contributed by atoms with Gasteiger partial charge in [0.15, 0.2) is 0 Å². The van der Waals surface area contributed by atoms with Crippen LogP contribution in [0.25, 0.3) is 11.3 Å². The van der Waals surface area contributed by atoms with Crippen LogP contribution in [0, 0.1) is 0 Å². The van der Waals surface area contributed by atoms with Gasteiger partial charge in [-0.3, -0.25) is 9.59 Å². The fourth-order valence-electron chi connectivity index (χ4n) is 2.00. The van der Waals surface area contributed by atoms with Gasteiger partial charge in [-0.25, -0.2) is 4.68 Å². The van der Waals surface area contributed by atoms with E-state index in [1.54, 1.807) is 13.2 Å². The summed E-state index contributed by atoms with van der Waals surface area (Å²) in [5, 5.41) is 6.99. The Balaban J connectivity index is 2.30. The normalized spacial score (nSPS) is 10.5. The fraction of sp³-hybridized carbons (Fsp3) is 0.312. The van der Waals surface area contributed by atoms with Crippen molar-refractivity contribution in [2.45, 2.75) is 26.4 Å². The summed E-state index contributed by atoms with van der Waals surface area (Å²) in [6, 6.07) is 10.4. The van der Waals surface area contributed by atoms with Gasteiger partial charge in [0, 0.05) is 17.7 Å². The van der Waals surface area contributed by atoms with Crippen molar-refractivity contribution in [3.63, 3.8) is 0 Å². The standard InChI is InChI=1S/C16H19N3O3/c1-11(2)17-15(20)10-19-16(21)8-7-14(18-19)12-5-4-6-13(9-12)22-3/h4-9,11H,10H2,1-3H3,(H,17,20). The minimum Gasteiger partial charge on any atom is -0.497 e. The molecule has 0 aliphatic heterocycles. The third-order valence-electron chi connectivity index (χ3n) is 2.98. The summed E-state index contributed by atoms with van der Waals surface area (Å²) < 4.78 is 6.34. The van der Waals surface area contributed by atoms with E-state index in [4.69, 9.17) is 4.74 Å². The van der Waals surface area contributed by atoms with Crippen molar-refractivity contribution in [3.8, 4) is 17.0 Å². The number of hydrogen-bond acceptors (Lipinski definition) is 4. The van der Waals surface area contributed by atoms with Gasteiger partial charge in [0.2, 0.25) is 5.91 Å². The molecule has 6 heteroatoms. The van der Waals surface area contributed by atoms with Gasteiger partial charge < -0.3 is 10.1 Å². The van der Waals surface area contributed by atoms with Crippen LogP contribution < -0.4 is 15.6 Å². The summed E-state index contributed by atoms with van der Waals surface area (Å²) in [6.45, 7) is 3.62. The third kappa shape index (κ3) is 3.94. The molecule has 0 bridgehead atoms. The first-order chi connectivity index (χ1) is 10.5. The van der Waals surface area contributed by atoms with Crippen LogP contribution in [0.1, 0.15) is 13.8 Å². The highest BCUT2D eigenvalue weighted by molar-refractivity contribution is 5.75. The van der Waals surface area contributed by atoms with E-state index in [1.807, 2.05) is 38.1 Å². The molecule has 2 aromatic rings. The second kappa shape index (κ2) is 6.89. The number of ether oxygens (including phenoxy) is 1. The van der Waals surface area contributed by atoms with Gasteiger partial charge in [-0.15, -0.1) is 0 Å². The summed E-state index contributed by atoms with van der Waals surface area (Å²) in [6.07, 6.45) is 0. The number of carbonyl (C=O) groups excluding carboxylic acids is 1. The number of hydrogen-bond donors (Lipinski definition) is 1. The summed E-state index contributed by atoms with van der Waals surface area (Å²) >= 11 is 0. The average Bonchev–Trinajstić information content (AvgIpc) is 2.48. The molecule has 1 heterocycles. The zero-order valence-corrected chi connectivity index (χ0v) is 12.9. The van der Waals surface area contributed by atoms with Crippen LogP contribution >= 0.6 is 0 Å². The van der Waals surface area contributed by atoms with Crippen LogP contribution in [0.5, 0.6) is 5.75 Å². The average molecular weight is 301 g/mol. The molecule has 0 atom stereocenters. The second-order valence-corrected chi connectivity index (χ2v) is 5.17. The van der Waals surface area contributed by atoms with Crippen LogP contribution in [-0.2, 0) is 11.3 Å². The van der Waals surface area contributed by atoms with Gasteiger partial charge in [0.1, 0.15) is 12.3 Å². The molecule has 0 saturated carbocycles. The quantitative estimate of drug-likeness (QED) is 0.907. The number of carbonyl (C=O) groups is 1. The van der Waals surface area contributed by atoms with Crippen molar-refractivity contribution in [1.82, 2.24) is 15.1 Å². The molecule has 0 saturated heterocycles. The first-order valence-corrected chi connectivity index (χ1v) is 7.01. The van der Waals surface area contributed by atoms with Crippen LogP contribution in [0.3, 0.4) is 0 Å². The van der Waals surface area contributed by atoms with Gasteiger partial charge in [-0.05, 0) is 32.0 Å². The Hall–Kier alpha value is -2.63. The molecule has 1 amide bonds. The van der Waals surface area contributed by atoms with Crippen LogP contribution in [0.15, 0.2) is 41.2 Å². The lowest BCUT2D eigenvalue weighted by Crippen LogP contribution is -2.36. The van der Waals surface area contributed by atoms with E-state index >= 15 is 0 Å². The minimum atomic E-state index is -0.314. The topological polar surface area (TPSA) is 73.2 Å². The fourth-order valence-corrected chi connectivity index (χ4v) is 2.00. The third-order valence-corrected chi connectivity index (χ3v) is 2.98. The van der Waals surface area contributed by atoms with Crippen molar-refractivity contribution in [3.05, 3.63) is 46.8 Å². The minimum absolute atomic E-state index is 0.0183. The first-order valence-electron chi connectivity index (χ1n) is 7.01. The largest absolute Gasteiger partial charge is 0.497 e. The Bertz CT molecular complexity index is 723. The molecule has 1 N–H and O–H groups in total. The molecule has 22 heavy (non-hydrogen) atoms. The molecule has 0 spiro atoms. The molecule has 0 unspecified atom stereocenters. The predicted molar refractivity (Wildman–Crippen MR) is 83.8 cm³/mol. The molecule has 2 rings (SSSR count). The highest BCUT2D eigenvalue weighted by Gasteiger charge is 2.09. The van der Waals surface area contributed by atoms with Gasteiger partial charge in [0.05, 0.1) is 12.8 Å². The van der Waals surface area contributed by atoms with Crippen molar-refractivity contribution in [2.24, 2.45) is 0 Å². The Morgan fingerprint density at radius 2 is 2.09 bits per heavy atom. The van der Waals surface area contributed by atoms with Crippen molar-refractivity contribution < 1.29 is 9.53 Å². The van der Waals surface area contributed by atoms with Gasteiger partial charge in [-0.1, -0.05) is 12.1 Å². The lowest BCUT2D eigenvalue weighted by atomic mass is 10.1. The maximum absolute atomic E-state index is 11.8. The van der Waals surface area contributed by atoms with E-state index in [0.717, 1.165) is 10.2 Å². The maximum atomic E-state index is 11.8. The lowest BCUT2D eigenvalue weighted by molar-refractivity contribution is -0.122. The van der Waals surface area contributed by atoms with Gasteiger partial charge in [-0.2, -0.15) is 5.10 Å². The van der Waals surface area contributed by atoms with E-state index in [-0.39, 0.29) is 24.1 Å². The Morgan fingerprint density at radius 1 is 1.32 bits per heavy atom. The number of rotatable bonds is 5. The highest BCUT2D eigenvalue weighted by Crippen LogP contribution is 2.20. The lowest BCUT2D eigenvalue weighted by Gasteiger charge is -2.10. The number of amides is 1. The molecule has 0 fully saturated rings. The van der Waals surface area contributed by atoms with Crippen molar-refractivity contribution in [1.29, 1.82) is 0 Å². The molecule has 1 aromatic carbocycles. The molecule has 116 valence electrons. The van der Waals surface area contributed by atoms with Crippen LogP contribution in [-0.4, -0.2) is 28.8 Å². The summed E-state index contributed by atoms with van der Waals surface area (Å²) in [4.78, 5) is 23.6. The highest BCUT2D eigenvalue weighted by atomic mass is 16.5. The van der Waals surface area contributed by atoms with Crippen molar-refractivity contribution in [2.75, 3.05) is 7.11 Å². The second-order valence-electron chi connectivity index (χ2n) is 5.17. The number of aromatic nitrogens is 2. The molecular formula is C16H19N3O3. The van der Waals surface area contributed by atoms with E-state index in [2.05, 4.69) is 10.4 Å². The number of benzene rings is 1. The monoisotopic (exact) mass is 301 g/mol. The van der Waals surface area contributed by atoms with E-state index in [1.165, 1.54) is 6.07 Å². The Morgan fingerprint density at radius 3 is 2.77 bits per heavy atom. The SMILES string of the molecule is COc1cccc(-c2ccc(=O)n(CC(=O)NC(C)C)n2)c1. The van der Waals surface area contributed by atoms with Crippen LogP contribution in [0.2, 0.25) is 0 Å². The summed E-state index contributed by atoms with van der Waals surface area (Å²) in [7, 11) is 1.59. The summed E-state index contributed by atoms with van der Waals surface area (Å²) in [5.41, 5.74) is 1.11. The zero-order valence-electron chi connectivity index (χ0n) is 12.9. The van der Waals surface area contributed by atoms with Crippen molar-refractivity contribution >= 4 is 5.91 Å². The Kier molecular flexibility index (Phi) is 4.93.